The van der Waals surface area contributed by atoms with Crippen LogP contribution in [-0.2, 0) is 14.4 Å². The topological polar surface area (TPSA) is 38.8 Å². The summed E-state index contributed by atoms with van der Waals surface area (Å²) in [6, 6.07) is 0. The van der Waals surface area contributed by atoms with Crippen LogP contribution in [0.4, 0.5) is 0 Å². The molecule has 4 heteroatoms. The molecule has 26 heavy (non-hydrogen) atoms. The maximum absolute atomic E-state index is 12.0. The van der Waals surface area contributed by atoms with Gasteiger partial charge in [-0.2, -0.15) is 5.06 Å². The van der Waals surface area contributed by atoms with Gasteiger partial charge in [-0.1, -0.05) is 52.4 Å². The Hall–Kier alpha value is -0.610. The van der Waals surface area contributed by atoms with Crippen molar-refractivity contribution in [3.8, 4) is 0 Å². The molecule has 0 aliphatic carbocycles. The number of unbranched alkanes of at least 4 members (excludes halogenated alkanes) is 6. The van der Waals surface area contributed by atoms with Gasteiger partial charge in [0.15, 0.2) is 0 Å². The molecule has 0 atom stereocenters. The first-order valence-corrected chi connectivity index (χ1v) is 10.9. The number of carbonyl (C=O) groups excluding carboxylic acids is 1. The van der Waals surface area contributed by atoms with Crippen molar-refractivity contribution in [1.82, 2.24) is 5.06 Å². The number of hydroxylamine groups is 2. The van der Waals surface area contributed by atoms with Crippen LogP contribution in [0.15, 0.2) is 0 Å². The third-order valence-corrected chi connectivity index (χ3v) is 5.30. The highest BCUT2D eigenvalue weighted by atomic mass is 16.7. The van der Waals surface area contributed by atoms with E-state index in [2.05, 4.69) is 46.6 Å². The average Bonchev–Trinajstić information content (AvgIpc) is 2.53. The number of carbonyl (C=O) groups is 1. The number of piperidine rings is 1. The molecule has 1 saturated heterocycles. The van der Waals surface area contributed by atoms with Gasteiger partial charge in [-0.05, 0) is 40.5 Å². The fourth-order valence-electron chi connectivity index (χ4n) is 4.21. The fourth-order valence-corrected chi connectivity index (χ4v) is 4.21. The Balaban J connectivity index is 2.47. The van der Waals surface area contributed by atoms with Gasteiger partial charge in [0, 0.05) is 30.3 Å². The summed E-state index contributed by atoms with van der Waals surface area (Å²) in [5.74, 6) is -0.0510. The van der Waals surface area contributed by atoms with E-state index in [0.29, 0.717) is 6.42 Å². The molecule has 0 saturated carbocycles. The summed E-state index contributed by atoms with van der Waals surface area (Å²) >= 11 is 0. The van der Waals surface area contributed by atoms with Gasteiger partial charge >= 0.3 is 5.97 Å². The Labute approximate surface area is 161 Å². The van der Waals surface area contributed by atoms with Crippen LogP contribution >= 0.6 is 0 Å². The van der Waals surface area contributed by atoms with Crippen LogP contribution in [0.5, 0.6) is 0 Å². The largest absolute Gasteiger partial charge is 0.462 e. The summed E-state index contributed by atoms with van der Waals surface area (Å²) in [7, 11) is 0. The number of rotatable bonds is 12. The van der Waals surface area contributed by atoms with Gasteiger partial charge in [0.2, 0.25) is 0 Å². The molecule has 0 unspecified atom stereocenters. The highest BCUT2D eigenvalue weighted by Crippen LogP contribution is 2.40. The van der Waals surface area contributed by atoms with Crippen LogP contribution in [0, 0.1) is 0 Å². The minimum Gasteiger partial charge on any atom is -0.462 e. The zero-order valence-electron chi connectivity index (χ0n) is 18.2. The van der Waals surface area contributed by atoms with Gasteiger partial charge < -0.3 is 4.74 Å². The molecule has 0 N–H and O–H groups in total. The first kappa shape index (κ1) is 23.4. The molecular weight excluding hydrogens is 326 g/mol. The number of ether oxygens (including phenoxy) is 1. The first-order chi connectivity index (χ1) is 12.2. The van der Waals surface area contributed by atoms with Crippen molar-refractivity contribution in [1.29, 1.82) is 0 Å². The Kier molecular flexibility index (Phi) is 10.2. The molecule has 4 nitrogen and oxygen atoms in total. The zero-order valence-corrected chi connectivity index (χ0v) is 18.2. The minimum atomic E-state index is -0.139. The lowest BCUT2D eigenvalue weighted by Gasteiger charge is -2.53. The molecule has 0 amide bonds. The van der Waals surface area contributed by atoms with E-state index in [9.17, 15) is 4.79 Å². The SMILES string of the molecule is CCCCCCCCON1C(C)(C)CC(OC(=O)CCCC)CC1(C)C. The molecule has 154 valence electrons. The molecule has 0 radical (unpaired) electrons. The Bertz CT molecular complexity index is 388. The lowest BCUT2D eigenvalue weighted by Crippen LogP contribution is -2.62. The van der Waals surface area contributed by atoms with Crippen LogP contribution in [0.1, 0.15) is 112 Å². The van der Waals surface area contributed by atoms with Crippen molar-refractivity contribution in [2.24, 2.45) is 0 Å². The summed E-state index contributed by atoms with van der Waals surface area (Å²) in [5, 5.41) is 2.17. The van der Waals surface area contributed by atoms with Crippen LogP contribution in [0.25, 0.3) is 0 Å². The standard InChI is InChI=1S/C22H43NO3/c1-7-9-11-12-13-14-16-25-23-21(3,4)17-19(18-22(23,5)6)26-20(24)15-10-8-2/h19H,7-18H2,1-6H3. The fraction of sp³-hybridized carbons (Fsp3) is 0.955. The van der Waals surface area contributed by atoms with E-state index in [1.807, 2.05) is 0 Å². The zero-order chi connectivity index (χ0) is 19.6. The normalized spacial score (nSPS) is 20.2. The van der Waals surface area contributed by atoms with Crippen molar-refractivity contribution in [3.63, 3.8) is 0 Å². The molecule has 0 aromatic heterocycles. The van der Waals surface area contributed by atoms with Gasteiger partial charge in [-0.15, -0.1) is 0 Å². The predicted octanol–water partition coefficient (Wildman–Crippen LogP) is 6.03. The highest BCUT2D eigenvalue weighted by Gasteiger charge is 2.47. The number of nitrogens with zero attached hydrogens (tertiary/aromatic N) is 1. The lowest BCUT2D eigenvalue weighted by molar-refractivity contribution is -0.293. The predicted molar refractivity (Wildman–Crippen MR) is 108 cm³/mol. The van der Waals surface area contributed by atoms with E-state index in [-0.39, 0.29) is 23.2 Å². The third kappa shape index (κ3) is 7.96. The van der Waals surface area contributed by atoms with Crippen molar-refractivity contribution >= 4 is 5.97 Å². The van der Waals surface area contributed by atoms with Crippen molar-refractivity contribution in [2.75, 3.05) is 6.61 Å². The van der Waals surface area contributed by atoms with Crippen molar-refractivity contribution in [2.45, 2.75) is 129 Å². The molecule has 0 bridgehead atoms. The second-order valence-corrected chi connectivity index (χ2v) is 9.14. The monoisotopic (exact) mass is 369 g/mol. The Morgan fingerprint density at radius 1 is 0.885 bits per heavy atom. The number of hydrogen-bond acceptors (Lipinski definition) is 4. The van der Waals surface area contributed by atoms with Gasteiger partial charge in [-0.25, -0.2) is 0 Å². The molecule has 0 aromatic rings. The second kappa shape index (κ2) is 11.3. The van der Waals surface area contributed by atoms with Gasteiger partial charge in [-0.3, -0.25) is 9.63 Å². The quantitative estimate of drug-likeness (QED) is 0.311. The Morgan fingerprint density at radius 2 is 1.42 bits per heavy atom. The third-order valence-electron chi connectivity index (χ3n) is 5.30. The molecular formula is C22H43NO3. The maximum Gasteiger partial charge on any atom is 0.306 e. The van der Waals surface area contributed by atoms with E-state index >= 15 is 0 Å². The number of hydrogen-bond donors (Lipinski definition) is 0. The number of esters is 1. The lowest BCUT2D eigenvalue weighted by atomic mass is 9.80. The Morgan fingerprint density at radius 3 is 2.00 bits per heavy atom. The molecule has 0 aromatic carbocycles. The van der Waals surface area contributed by atoms with E-state index in [1.54, 1.807) is 0 Å². The van der Waals surface area contributed by atoms with E-state index in [1.165, 1.54) is 32.1 Å². The molecule has 1 fully saturated rings. The summed E-state index contributed by atoms with van der Waals surface area (Å²) in [6.45, 7) is 13.9. The van der Waals surface area contributed by atoms with E-state index in [4.69, 9.17) is 9.57 Å². The maximum atomic E-state index is 12.0. The second-order valence-electron chi connectivity index (χ2n) is 9.14. The summed E-state index contributed by atoms with van der Waals surface area (Å²) in [4.78, 5) is 18.3. The average molecular weight is 370 g/mol. The summed E-state index contributed by atoms with van der Waals surface area (Å²) in [6.07, 6.45) is 11.7. The smallest absolute Gasteiger partial charge is 0.306 e. The summed E-state index contributed by atoms with van der Waals surface area (Å²) in [5.41, 5.74) is -0.278. The van der Waals surface area contributed by atoms with Crippen LogP contribution in [0.3, 0.4) is 0 Å². The van der Waals surface area contributed by atoms with Crippen LogP contribution in [-0.4, -0.2) is 34.8 Å². The molecule has 1 aliphatic heterocycles. The van der Waals surface area contributed by atoms with E-state index in [0.717, 1.165) is 38.7 Å². The molecule has 1 rings (SSSR count). The molecule has 1 heterocycles. The molecule has 0 spiro atoms. The highest BCUT2D eigenvalue weighted by molar-refractivity contribution is 5.69. The molecule has 1 aliphatic rings. The summed E-state index contributed by atoms with van der Waals surface area (Å²) < 4.78 is 5.77. The van der Waals surface area contributed by atoms with Crippen LogP contribution < -0.4 is 0 Å². The minimum absolute atomic E-state index is 0.0155. The first-order valence-electron chi connectivity index (χ1n) is 10.9. The van der Waals surface area contributed by atoms with Crippen LogP contribution in [0.2, 0.25) is 0 Å². The van der Waals surface area contributed by atoms with Crippen molar-refractivity contribution < 1.29 is 14.4 Å². The van der Waals surface area contributed by atoms with Crippen molar-refractivity contribution in [3.05, 3.63) is 0 Å². The van der Waals surface area contributed by atoms with E-state index < -0.39 is 0 Å². The van der Waals surface area contributed by atoms with Gasteiger partial charge in [0.05, 0.1) is 6.61 Å². The van der Waals surface area contributed by atoms with Gasteiger partial charge in [0.1, 0.15) is 6.10 Å². The van der Waals surface area contributed by atoms with Gasteiger partial charge in [0.25, 0.3) is 0 Å².